The van der Waals surface area contributed by atoms with Crippen LogP contribution in [-0.4, -0.2) is 30.0 Å². The minimum atomic E-state index is -0.560. The maximum atomic E-state index is 11.8. The van der Waals surface area contributed by atoms with E-state index in [-0.39, 0.29) is 16.7 Å². The summed E-state index contributed by atoms with van der Waals surface area (Å²) in [5.74, 6) is -0.852. The molecule has 0 aliphatic rings. The first-order chi connectivity index (χ1) is 9.58. The summed E-state index contributed by atoms with van der Waals surface area (Å²) in [6.07, 6.45) is 11.8. The average molecular weight is 310 g/mol. The van der Waals surface area contributed by atoms with Crippen LogP contribution < -0.4 is 0 Å². The predicted octanol–water partition coefficient (Wildman–Crippen LogP) is 1.37. The maximum absolute atomic E-state index is 11.8. The molecule has 6 nitrogen and oxygen atoms in total. The number of carbonyl (C=O) groups is 2. The van der Waals surface area contributed by atoms with Crippen LogP contribution >= 0.6 is 0 Å². The summed E-state index contributed by atoms with van der Waals surface area (Å²) in [7, 11) is 1.27. The van der Waals surface area contributed by atoms with Crippen molar-refractivity contribution in [1.82, 2.24) is 0 Å². The monoisotopic (exact) mass is 310 g/mol. The van der Waals surface area contributed by atoms with Gasteiger partial charge in [0.2, 0.25) is 0 Å². The molecule has 0 atom stereocenters. The van der Waals surface area contributed by atoms with Gasteiger partial charge < -0.3 is 20.4 Å². The number of hydrogen-bond acceptors (Lipinski definition) is 4. The van der Waals surface area contributed by atoms with Gasteiger partial charge in [-0.05, 0) is 25.2 Å². The molecule has 4 N–H and O–H groups in total. The van der Waals surface area contributed by atoms with Crippen LogP contribution in [0.2, 0.25) is 0 Å². The van der Waals surface area contributed by atoms with Crippen molar-refractivity contribution in [2.45, 2.75) is 6.92 Å². The average Bonchev–Trinajstić information content (AvgIpc) is 2.46. The smallest absolute Gasteiger partial charge is 0.343 e. The first-order valence-electron chi connectivity index (χ1n) is 5.85. The normalized spacial score (nSPS) is 11.4. The van der Waals surface area contributed by atoms with E-state index in [4.69, 9.17) is 4.74 Å². The first kappa shape index (κ1) is 24.3. The number of methoxy groups -OCH3 is 1. The maximum Gasteiger partial charge on any atom is 0.343 e. The van der Waals surface area contributed by atoms with Crippen molar-refractivity contribution in [2.75, 3.05) is 7.11 Å². The van der Waals surface area contributed by atoms with E-state index in [1.807, 2.05) is 6.92 Å². The number of allylic oxidation sites excluding steroid dienone is 6. The molecule has 0 aromatic carbocycles. The van der Waals surface area contributed by atoms with Gasteiger partial charge in [0.05, 0.1) is 12.7 Å². The van der Waals surface area contributed by atoms with Crippen molar-refractivity contribution >= 4 is 11.9 Å². The Balaban J connectivity index is -0.00000180. The Morgan fingerprint density at radius 3 is 2.09 bits per heavy atom. The van der Waals surface area contributed by atoms with Crippen molar-refractivity contribution in [2.24, 2.45) is 0 Å². The third-order valence-electron chi connectivity index (χ3n) is 2.03. The van der Waals surface area contributed by atoms with Gasteiger partial charge in [-0.15, -0.1) is 0 Å². The van der Waals surface area contributed by atoms with E-state index in [1.165, 1.54) is 37.5 Å². The van der Waals surface area contributed by atoms with E-state index in [1.54, 1.807) is 18.2 Å². The molecule has 0 aromatic heterocycles. The van der Waals surface area contributed by atoms with Crippen molar-refractivity contribution in [1.29, 1.82) is 0 Å². The van der Waals surface area contributed by atoms with Gasteiger partial charge in [-0.25, -0.2) is 9.59 Å². The van der Waals surface area contributed by atoms with E-state index in [2.05, 4.69) is 17.9 Å². The summed E-state index contributed by atoms with van der Waals surface area (Å²) < 4.78 is 9.52. The molecule has 0 heterocycles. The van der Waals surface area contributed by atoms with Gasteiger partial charge in [0, 0.05) is 6.08 Å². The van der Waals surface area contributed by atoms with E-state index < -0.39 is 11.9 Å². The minimum Gasteiger partial charge on any atom is -0.466 e. The van der Waals surface area contributed by atoms with Gasteiger partial charge in [-0.1, -0.05) is 37.5 Å². The fraction of sp³-hybridized carbons (Fsp3) is 0.125. The Kier molecular flexibility index (Phi) is 16.3. The van der Waals surface area contributed by atoms with E-state index in [9.17, 15) is 9.59 Å². The van der Waals surface area contributed by atoms with Crippen LogP contribution in [0.1, 0.15) is 6.92 Å². The Morgan fingerprint density at radius 1 is 1.00 bits per heavy atom. The van der Waals surface area contributed by atoms with Crippen molar-refractivity contribution < 1.29 is 30.0 Å². The molecule has 0 aliphatic heterocycles. The lowest BCUT2D eigenvalue weighted by molar-refractivity contribution is -0.135. The van der Waals surface area contributed by atoms with Gasteiger partial charge in [0.25, 0.3) is 0 Å². The van der Waals surface area contributed by atoms with Gasteiger partial charge in [-0.3, -0.25) is 0 Å². The molecule has 0 spiro atoms. The standard InChI is InChI=1S/C16H18O4.2H2O/c1-5-8-10-13(6-2)16(18)20-14(7-3)11-9-12-15(17)19-4;;/h5-12H,2-3H2,1,4H3;2*1H2/b8-5+,12-9-,13-10+,14-11+;;. The van der Waals surface area contributed by atoms with Gasteiger partial charge in [0.1, 0.15) is 5.76 Å². The number of ether oxygens (including phenoxy) is 2. The number of carbonyl (C=O) groups excluding carboxylic acids is 2. The van der Waals surface area contributed by atoms with E-state index in [0.717, 1.165) is 0 Å². The van der Waals surface area contributed by atoms with Crippen LogP contribution in [0.5, 0.6) is 0 Å². The molecule has 0 saturated carbocycles. The quantitative estimate of drug-likeness (QED) is 0.305. The molecule has 122 valence electrons. The largest absolute Gasteiger partial charge is 0.466 e. The summed E-state index contributed by atoms with van der Waals surface area (Å²) in [6, 6.07) is 0. The highest BCUT2D eigenvalue weighted by atomic mass is 16.5. The molecule has 0 bridgehead atoms. The van der Waals surface area contributed by atoms with Crippen LogP contribution in [0, 0.1) is 0 Å². The Labute approximate surface area is 130 Å². The highest BCUT2D eigenvalue weighted by Gasteiger charge is 2.07. The van der Waals surface area contributed by atoms with Gasteiger partial charge in [-0.2, -0.15) is 0 Å². The lowest BCUT2D eigenvalue weighted by atomic mass is 10.2. The molecule has 0 unspecified atom stereocenters. The SMILES string of the molecule is C=C/C(=C\C=C/C(=O)OC)OC(=O)/C(C=C)=C/C=C/C.O.O. The minimum absolute atomic E-state index is 0. The highest BCUT2D eigenvalue weighted by Crippen LogP contribution is 2.07. The van der Waals surface area contributed by atoms with Gasteiger partial charge in [0.15, 0.2) is 0 Å². The third-order valence-corrected chi connectivity index (χ3v) is 2.03. The Hall–Kier alpha value is -2.70. The first-order valence-corrected chi connectivity index (χ1v) is 5.85. The molecule has 0 amide bonds. The van der Waals surface area contributed by atoms with Gasteiger partial charge >= 0.3 is 11.9 Å². The van der Waals surface area contributed by atoms with Crippen molar-refractivity contribution in [3.63, 3.8) is 0 Å². The zero-order valence-electron chi connectivity index (χ0n) is 12.7. The summed E-state index contributed by atoms with van der Waals surface area (Å²) in [4.78, 5) is 22.7. The van der Waals surface area contributed by atoms with Crippen LogP contribution in [0.15, 0.2) is 73.1 Å². The number of esters is 2. The number of hydrogen-bond donors (Lipinski definition) is 0. The summed E-state index contributed by atoms with van der Waals surface area (Å²) in [6.45, 7) is 8.89. The summed E-state index contributed by atoms with van der Waals surface area (Å²) in [5, 5.41) is 0. The zero-order chi connectivity index (χ0) is 15.4. The topological polar surface area (TPSA) is 116 Å². The molecule has 0 fully saturated rings. The fourth-order valence-electron chi connectivity index (χ4n) is 1.02. The molecule has 0 saturated heterocycles. The molecule has 0 aromatic rings. The Morgan fingerprint density at radius 2 is 1.64 bits per heavy atom. The van der Waals surface area contributed by atoms with Crippen LogP contribution in [-0.2, 0) is 19.1 Å². The highest BCUT2D eigenvalue weighted by molar-refractivity contribution is 5.92. The van der Waals surface area contributed by atoms with Crippen LogP contribution in [0.25, 0.3) is 0 Å². The second-order valence-electron chi connectivity index (χ2n) is 3.40. The summed E-state index contributed by atoms with van der Waals surface area (Å²) >= 11 is 0. The Bertz CT molecular complexity index is 495. The molecule has 0 aliphatic carbocycles. The van der Waals surface area contributed by atoms with E-state index >= 15 is 0 Å². The number of rotatable bonds is 7. The van der Waals surface area contributed by atoms with Crippen molar-refractivity contribution in [3.8, 4) is 0 Å². The second kappa shape index (κ2) is 14.7. The van der Waals surface area contributed by atoms with Crippen LogP contribution in [0.3, 0.4) is 0 Å². The van der Waals surface area contributed by atoms with E-state index in [0.29, 0.717) is 5.57 Å². The van der Waals surface area contributed by atoms with Crippen LogP contribution in [0.4, 0.5) is 0 Å². The zero-order valence-corrected chi connectivity index (χ0v) is 12.7. The molecule has 6 heteroatoms. The molecular formula is C16H22O6. The molecular weight excluding hydrogens is 288 g/mol. The lowest BCUT2D eigenvalue weighted by Gasteiger charge is -2.04. The molecule has 0 rings (SSSR count). The molecule has 22 heavy (non-hydrogen) atoms. The fourth-order valence-corrected chi connectivity index (χ4v) is 1.02. The summed E-state index contributed by atoms with van der Waals surface area (Å²) in [5.41, 5.74) is 0.313. The predicted molar refractivity (Wildman–Crippen MR) is 85.8 cm³/mol. The third kappa shape index (κ3) is 10.1. The lowest BCUT2D eigenvalue weighted by Crippen LogP contribution is -2.05. The second-order valence-corrected chi connectivity index (χ2v) is 3.40. The molecule has 0 radical (unpaired) electrons. The van der Waals surface area contributed by atoms with Crippen molar-refractivity contribution in [3.05, 3.63) is 73.1 Å².